The molecule has 0 N–H and O–H groups in total. The van der Waals surface area contributed by atoms with Crippen molar-refractivity contribution in [2.24, 2.45) is 0 Å². The molecule has 0 saturated carbocycles. The molecule has 0 heterocycles. The quantitative estimate of drug-likeness (QED) is 0.725. The van der Waals surface area contributed by atoms with E-state index in [4.69, 9.17) is 5.26 Å². The molecule has 1 heteroatoms. The highest BCUT2D eigenvalue weighted by molar-refractivity contribution is 5.33. The smallest absolute Gasteiger partial charge is 0.0766 e. The van der Waals surface area contributed by atoms with Crippen molar-refractivity contribution in [3.8, 4) is 6.07 Å². The van der Waals surface area contributed by atoms with E-state index in [9.17, 15) is 0 Å². The summed E-state index contributed by atoms with van der Waals surface area (Å²) in [6, 6.07) is 10.8. The first-order chi connectivity index (χ1) is 7.01. The van der Waals surface area contributed by atoms with Crippen molar-refractivity contribution in [3.05, 3.63) is 35.4 Å². The van der Waals surface area contributed by atoms with Crippen LogP contribution in [-0.2, 0) is 5.41 Å². The third-order valence-electron chi connectivity index (χ3n) is 3.09. The van der Waals surface area contributed by atoms with E-state index < -0.39 is 0 Å². The Morgan fingerprint density at radius 2 is 1.80 bits per heavy atom. The zero-order chi connectivity index (χ0) is 11.5. The SMILES string of the molecule is CCC(C)c1ccc(C(C)(C)C#N)cc1. The van der Waals surface area contributed by atoms with Gasteiger partial charge in [0.15, 0.2) is 0 Å². The fourth-order valence-corrected chi connectivity index (χ4v) is 1.53. The Kier molecular flexibility index (Phi) is 3.52. The summed E-state index contributed by atoms with van der Waals surface area (Å²) >= 11 is 0. The number of hydrogen-bond acceptors (Lipinski definition) is 1. The first-order valence-electron chi connectivity index (χ1n) is 5.53. The molecule has 1 unspecified atom stereocenters. The fraction of sp³-hybridized carbons (Fsp3) is 0.500. The summed E-state index contributed by atoms with van der Waals surface area (Å²) in [7, 11) is 0. The monoisotopic (exact) mass is 201 g/mol. The van der Waals surface area contributed by atoms with Crippen LogP contribution in [0.25, 0.3) is 0 Å². The number of hydrogen-bond donors (Lipinski definition) is 0. The van der Waals surface area contributed by atoms with Crippen molar-refractivity contribution in [1.82, 2.24) is 0 Å². The molecule has 1 nitrogen and oxygen atoms in total. The Labute approximate surface area is 92.7 Å². The topological polar surface area (TPSA) is 23.8 Å². The van der Waals surface area contributed by atoms with E-state index in [1.54, 1.807) is 0 Å². The van der Waals surface area contributed by atoms with Crippen molar-refractivity contribution in [3.63, 3.8) is 0 Å². The molecule has 1 aromatic rings. The molecule has 0 aliphatic carbocycles. The lowest BCUT2D eigenvalue weighted by molar-refractivity contribution is 0.683. The van der Waals surface area contributed by atoms with Crippen LogP contribution in [0.3, 0.4) is 0 Å². The standard InChI is InChI=1S/C14H19N/c1-5-11(2)12-6-8-13(9-7-12)14(3,4)10-15/h6-9,11H,5H2,1-4H3. The van der Waals surface area contributed by atoms with Gasteiger partial charge in [0.2, 0.25) is 0 Å². The number of rotatable bonds is 3. The van der Waals surface area contributed by atoms with Crippen LogP contribution in [0, 0.1) is 11.3 Å². The van der Waals surface area contributed by atoms with Crippen molar-refractivity contribution in [2.45, 2.75) is 45.4 Å². The summed E-state index contributed by atoms with van der Waals surface area (Å²) in [6.45, 7) is 8.32. The van der Waals surface area contributed by atoms with Crippen LogP contribution in [0.1, 0.15) is 51.2 Å². The maximum atomic E-state index is 9.02. The van der Waals surface area contributed by atoms with Crippen molar-refractivity contribution < 1.29 is 0 Å². The molecule has 15 heavy (non-hydrogen) atoms. The third-order valence-corrected chi connectivity index (χ3v) is 3.09. The summed E-state index contributed by atoms with van der Waals surface area (Å²) in [6.07, 6.45) is 1.15. The Morgan fingerprint density at radius 3 is 2.20 bits per heavy atom. The van der Waals surface area contributed by atoms with Gasteiger partial charge in [-0.25, -0.2) is 0 Å². The maximum absolute atomic E-state index is 9.02. The molecule has 1 aromatic carbocycles. The molecule has 0 spiro atoms. The lowest BCUT2D eigenvalue weighted by Crippen LogP contribution is -2.13. The summed E-state index contributed by atoms with van der Waals surface area (Å²) < 4.78 is 0. The molecule has 1 rings (SSSR count). The van der Waals surface area contributed by atoms with Gasteiger partial charge in [0.25, 0.3) is 0 Å². The van der Waals surface area contributed by atoms with E-state index in [1.807, 2.05) is 13.8 Å². The van der Waals surface area contributed by atoms with Gasteiger partial charge in [-0.3, -0.25) is 0 Å². The second-order valence-corrected chi connectivity index (χ2v) is 4.67. The minimum atomic E-state index is -0.381. The molecule has 80 valence electrons. The van der Waals surface area contributed by atoms with Gasteiger partial charge < -0.3 is 0 Å². The van der Waals surface area contributed by atoms with Crippen LogP contribution >= 0.6 is 0 Å². The molecule has 0 radical (unpaired) electrons. The summed E-state index contributed by atoms with van der Waals surface area (Å²) in [5.74, 6) is 0.601. The van der Waals surface area contributed by atoms with Crippen LogP contribution in [0.5, 0.6) is 0 Å². The zero-order valence-electron chi connectivity index (χ0n) is 10.0. The molecule has 1 atom stereocenters. The van der Waals surface area contributed by atoms with E-state index >= 15 is 0 Å². The highest BCUT2D eigenvalue weighted by atomic mass is 14.3. The largest absolute Gasteiger partial charge is 0.197 e. The normalized spacial score (nSPS) is 13.3. The van der Waals surface area contributed by atoms with Crippen LogP contribution in [-0.4, -0.2) is 0 Å². The average Bonchev–Trinajstić information content (AvgIpc) is 2.28. The van der Waals surface area contributed by atoms with Gasteiger partial charge in [-0.05, 0) is 37.3 Å². The van der Waals surface area contributed by atoms with Gasteiger partial charge in [-0.1, -0.05) is 38.1 Å². The Hall–Kier alpha value is -1.29. The highest BCUT2D eigenvalue weighted by Gasteiger charge is 2.19. The Balaban J connectivity index is 2.96. The van der Waals surface area contributed by atoms with E-state index in [0.29, 0.717) is 5.92 Å². The van der Waals surface area contributed by atoms with Gasteiger partial charge in [-0.15, -0.1) is 0 Å². The maximum Gasteiger partial charge on any atom is 0.0766 e. The van der Waals surface area contributed by atoms with Gasteiger partial charge in [0.05, 0.1) is 11.5 Å². The molecule has 0 bridgehead atoms. The minimum Gasteiger partial charge on any atom is -0.197 e. The van der Waals surface area contributed by atoms with Crippen molar-refractivity contribution >= 4 is 0 Å². The second kappa shape index (κ2) is 4.49. The van der Waals surface area contributed by atoms with E-state index in [2.05, 4.69) is 44.2 Å². The zero-order valence-corrected chi connectivity index (χ0v) is 10.0. The molecule has 0 aromatic heterocycles. The molecular weight excluding hydrogens is 182 g/mol. The molecular formula is C14H19N. The van der Waals surface area contributed by atoms with Crippen LogP contribution in [0.2, 0.25) is 0 Å². The van der Waals surface area contributed by atoms with E-state index in [0.717, 1.165) is 12.0 Å². The van der Waals surface area contributed by atoms with E-state index in [-0.39, 0.29) is 5.41 Å². The van der Waals surface area contributed by atoms with Crippen molar-refractivity contribution in [2.75, 3.05) is 0 Å². The van der Waals surface area contributed by atoms with Crippen LogP contribution in [0.15, 0.2) is 24.3 Å². The van der Waals surface area contributed by atoms with Gasteiger partial charge in [-0.2, -0.15) is 5.26 Å². The average molecular weight is 201 g/mol. The number of benzene rings is 1. The summed E-state index contributed by atoms with van der Waals surface area (Å²) in [5.41, 5.74) is 2.07. The first kappa shape index (κ1) is 11.8. The van der Waals surface area contributed by atoms with Gasteiger partial charge >= 0.3 is 0 Å². The molecule has 0 aliphatic rings. The highest BCUT2D eigenvalue weighted by Crippen LogP contribution is 2.25. The predicted molar refractivity (Wildman–Crippen MR) is 63.8 cm³/mol. The molecule has 0 amide bonds. The Morgan fingerprint density at radius 1 is 1.27 bits per heavy atom. The van der Waals surface area contributed by atoms with E-state index in [1.165, 1.54) is 5.56 Å². The minimum absolute atomic E-state index is 0.381. The lowest BCUT2D eigenvalue weighted by atomic mass is 9.85. The summed E-state index contributed by atoms with van der Waals surface area (Å²) in [4.78, 5) is 0. The predicted octanol–water partition coefficient (Wildman–Crippen LogP) is 4.00. The number of nitrogens with zero attached hydrogens (tertiary/aromatic N) is 1. The molecule has 0 fully saturated rings. The van der Waals surface area contributed by atoms with Crippen LogP contribution in [0.4, 0.5) is 0 Å². The van der Waals surface area contributed by atoms with Crippen LogP contribution < -0.4 is 0 Å². The third kappa shape index (κ3) is 2.59. The molecule has 0 saturated heterocycles. The molecule has 0 aliphatic heterocycles. The van der Waals surface area contributed by atoms with Crippen molar-refractivity contribution in [1.29, 1.82) is 5.26 Å². The Bertz CT molecular complexity index is 354. The first-order valence-corrected chi connectivity index (χ1v) is 5.53. The van der Waals surface area contributed by atoms with Gasteiger partial charge in [0.1, 0.15) is 0 Å². The van der Waals surface area contributed by atoms with Gasteiger partial charge in [0, 0.05) is 0 Å². The summed E-state index contributed by atoms with van der Waals surface area (Å²) in [5, 5.41) is 9.02. The second-order valence-electron chi connectivity index (χ2n) is 4.67. The number of nitriles is 1. The fourth-order valence-electron chi connectivity index (χ4n) is 1.53. The lowest BCUT2D eigenvalue weighted by Gasteiger charge is -2.17.